The first-order valence-corrected chi connectivity index (χ1v) is 5.63. The summed E-state index contributed by atoms with van der Waals surface area (Å²) < 4.78 is 6.31. The quantitative estimate of drug-likeness (QED) is 0.837. The second-order valence-corrected chi connectivity index (χ2v) is 4.41. The normalized spacial score (nSPS) is 18.4. The topological polar surface area (TPSA) is 29.5 Å². The van der Waals surface area contributed by atoms with Gasteiger partial charge in [0, 0.05) is 23.2 Å². The molecule has 3 heteroatoms. The van der Waals surface area contributed by atoms with Crippen LogP contribution in [0, 0.1) is 0 Å². The minimum Gasteiger partial charge on any atom is -0.508 e. The van der Waals surface area contributed by atoms with Crippen LogP contribution in [-0.2, 0) is 4.74 Å². The maximum Gasteiger partial charge on any atom is 0.120 e. The molecule has 0 spiro atoms. The molecular formula is C11H13BrO2. The van der Waals surface area contributed by atoms with Gasteiger partial charge in [0.1, 0.15) is 5.75 Å². The number of phenolic OH excluding ortho intramolecular Hbond substituents is 1. The summed E-state index contributed by atoms with van der Waals surface area (Å²) in [6, 6.07) is 5.57. The summed E-state index contributed by atoms with van der Waals surface area (Å²) in [5.74, 6) is 0.825. The fourth-order valence-electron chi connectivity index (χ4n) is 1.92. The largest absolute Gasteiger partial charge is 0.508 e. The van der Waals surface area contributed by atoms with E-state index in [0.29, 0.717) is 11.7 Å². The van der Waals surface area contributed by atoms with Crippen LogP contribution < -0.4 is 0 Å². The van der Waals surface area contributed by atoms with Gasteiger partial charge in [0.05, 0.1) is 0 Å². The fraction of sp³-hybridized carbons (Fsp3) is 0.455. The van der Waals surface area contributed by atoms with Crippen LogP contribution in [0.1, 0.15) is 24.3 Å². The number of phenols is 1. The Bertz CT molecular complexity index is 299. The predicted molar refractivity (Wildman–Crippen MR) is 58.6 cm³/mol. The van der Waals surface area contributed by atoms with Gasteiger partial charge in [-0.1, -0.05) is 22.0 Å². The van der Waals surface area contributed by atoms with E-state index in [2.05, 4.69) is 15.9 Å². The van der Waals surface area contributed by atoms with E-state index < -0.39 is 0 Å². The molecule has 1 aliphatic heterocycles. The molecule has 1 aromatic rings. The standard InChI is InChI=1S/C11H13BrO2/c12-9-2-1-3-10(13)11(9)8-4-6-14-7-5-8/h1-3,8,13H,4-7H2. The maximum atomic E-state index is 9.77. The van der Waals surface area contributed by atoms with Crippen molar-refractivity contribution in [2.45, 2.75) is 18.8 Å². The molecule has 0 amide bonds. The molecule has 0 bridgehead atoms. The van der Waals surface area contributed by atoms with Crippen molar-refractivity contribution >= 4 is 15.9 Å². The minimum atomic E-state index is 0.395. The molecular weight excluding hydrogens is 244 g/mol. The Balaban J connectivity index is 2.29. The highest BCUT2D eigenvalue weighted by Crippen LogP contribution is 2.37. The molecule has 1 heterocycles. The van der Waals surface area contributed by atoms with Crippen molar-refractivity contribution in [2.75, 3.05) is 13.2 Å². The van der Waals surface area contributed by atoms with Gasteiger partial charge in [0.15, 0.2) is 0 Å². The van der Waals surface area contributed by atoms with Crippen LogP contribution in [0.25, 0.3) is 0 Å². The van der Waals surface area contributed by atoms with Crippen LogP contribution in [0.15, 0.2) is 22.7 Å². The Morgan fingerprint density at radius 2 is 2.00 bits per heavy atom. The number of benzene rings is 1. The summed E-state index contributed by atoms with van der Waals surface area (Å²) in [4.78, 5) is 0. The summed E-state index contributed by atoms with van der Waals surface area (Å²) in [6.07, 6.45) is 1.99. The predicted octanol–water partition coefficient (Wildman–Crippen LogP) is 3.05. The second-order valence-electron chi connectivity index (χ2n) is 3.56. The van der Waals surface area contributed by atoms with Crippen LogP contribution in [0.3, 0.4) is 0 Å². The van der Waals surface area contributed by atoms with Gasteiger partial charge in [-0.05, 0) is 30.9 Å². The van der Waals surface area contributed by atoms with E-state index in [-0.39, 0.29) is 0 Å². The highest BCUT2D eigenvalue weighted by molar-refractivity contribution is 9.10. The summed E-state index contributed by atoms with van der Waals surface area (Å²) in [5.41, 5.74) is 1.04. The number of halogens is 1. The Morgan fingerprint density at radius 1 is 1.29 bits per heavy atom. The molecule has 1 fully saturated rings. The van der Waals surface area contributed by atoms with E-state index in [0.717, 1.165) is 36.1 Å². The summed E-state index contributed by atoms with van der Waals surface area (Å²) in [7, 11) is 0. The molecule has 0 radical (unpaired) electrons. The number of rotatable bonds is 1. The molecule has 1 saturated heterocycles. The van der Waals surface area contributed by atoms with E-state index >= 15 is 0 Å². The molecule has 1 N–H and O–H groups in total. The average Bonchev–Trinajstić information content (AvgIpc) is 2.19. The lowest BCUT2D eigenvalue weighted by Crippen LogP contribution is -2.14. The van der Waals surface area contributed by atoms with Crippen molar-refractivity contribution in [2.24, 2.45) is 0 Å². The third-order valence-corrected chi connectivity index (χ3v) is 3.35. The van der Waals surface area contributed by atoms with Crippen LogP contribution in [0.4, 0.5) is 0 Å². The van der Waals surface area contributed by atoms with Gasteiger partial charge in [-0.2, -0.15) is 0 Å². The van der Waals surface area contributed by atoms with E-state index in [4.69, 9.17) is 4.74 Å². The SMILES string of the molecule is Oc1cccc(Br)c1C1CCOCC1. The molecule has 76 valence electrons. The van der Waals surface area contributed by atoms with Gasteiger partial charge in [-0.3, -0.25) is 0 Å². The van der Waals surface area contributed by atoms with Gasteiger partial charge in [0.25, 0.3) is 0 Å². The van der Waals surface area contributed by atoms with E-state index in [9.17, 15) is 5.11 Å². The Hall–Kier alpha value is -0.540. The lowest BCUT2D eigenvalue weighted by atomic mass is 9.91. The first kappa shape index (κ1) is 9.99. The van der Waals surface area contributed by atoms with E-state index in [1.54, 1.807) is 6.07 Å². The first-order chi connectivity index (χ1) is 6.79. The monoisotopic (exact) mass is 256 g/mol. The number of aromatic hydroxyl groups is 1. The Morgan fingerprint density at radius 3 is 2.64 bits per heavy atom. The smallest absolute Gasteiger partial charge is 0.120 e. The lowest BCUT2D eigenvalue weighted by Gasteiger charge is -2.23. The minimum absolute atomic E-state index is 0.395. The highest BCUT2D eigenvalue weighted by Gasteiger charge is 2.20. The van der Waals surface area contributed by atoms with Crippen LogP contribution in [-0.4, -0.2) is 18.3 Å². The molecule has 0 unspecified atom stereocenters. The van der Waals surface area contributed by atoms with Gasteiger partial charge in [-0.15, -0.1) is 0 Å². The number of hydrogen-bond acceptors (Lipinski definition) is 2. The highest BCUT2D eigenvalue weighted by atomic mass is 79.9. The number of ether oxygens (including phenoxy) is 1. The molecule has 2 nitrogen and oxygen atoms in total. The summed E-state index contributed by atoms with van der Waals surface area (Å²) in [5, 5.41) is 9.77. The third kappa shape index (κ3) is 1.93. The molecule has 1 aromatic carbocycles. The zero-order chi connectivity index (χ0) is 9.97. The van der Waals surface area contributed by atoms with E-state index in [1.165, 1.54) is 0 Å². The van der Waals surface area contributed by atoms with E-state index in [1.807, 2.05) is 12.1 Å². The van der Waals surface area contributed by atoms with Crippen molar-refractivity contribution in [1.29, 1.82) is 0 Å². The molecule has 1 aliphatic rings. The van der Waals surface area contributed by atoms with Crippen molar-refractivity contribution in [1.82, 2.24) is 0 Å². The van der Waals surface area contributed by atoms with Crippen molar-refractivity contribution in [3.05, 3.63) is 28.2 Å². The van der Waals surface area contributed by atoms with Gasteiger partial charge in [-0.25, -0.2) is 0 Å². The van der Waals surface area contributed by atoms with Crippen LogP contribution in [0.5, 0.6) is 5.75 Å². The zero-order valence-corrected chi connectivity index (χ0v) is 9.46. The third-order valence-electron chi connectivity index (χ3n) is 2.66. The second kappa shape index (κ2) is 4.32. The van der Waals surface area contributed by atoms with Gasteiger partial charge < -0.3 is 9.84 Å². The zero-order valence-electron chi connectivity index (χ0n) is 7.87. The molecule has 14 heavy (non-hydrogen) atoms. The van der Waals surface area contributed by atoms with Crippen molar-refractivity contribution < 1.29 is 9.84 Å². The molecule has 2 rings (SSSR count). The lowest BCUT2D eigenvalue weighted by molar-refractivity contribution is 0.0847. The molecule has 0 saturated carbocycles. The van der Waals surface area contributed by atoms with Crippen LogP contribution in [0.2, 0.25) is 0 Å². The maximum absolute atomic E-state index is 9.77. The van der Waals surface area contributed by atoms with Crippen LogP contribution >= 0.6 is 15.9 Å². The molecule has 0 atom stereocenters. The molecule has 0 aliphatic carbocycles. The van der Waals surface area contributed by atoms with Gasteiger partial charge in [0.2, 0.25) is 0 Å². The van der Waals surface area contributed by atoms with Crippen molar-refractivity contribution in [3.63, 3.8) is 0 Å². The first-order valence-electron chi connectivity index (χ1n) is 4.84. The fourth-order valence-corrected chi connectivity index (χ4v) is 2.60. The Labute approximate surface area is 92.0 Å². The van der Waals surface area contributed by atoms with Gasteiger partial charge >= 0.3 is 0 Å². The average molecular weight is 257 g/mol. The Kier molecular flexibility index (Phi) is 3.08. The number of hydrogen-bond donors (Lipinski definition) is 1. The van der Waals surface area contributed by atoms with Crippen molar-refractivity contribution in [3.8, 4) is 5.75 Å². The summed E-state index contributed by atoms with van der Waals surface area (Å²) >= 11 is 3.48. The molecule has 0 aromatic heterocycles. The summed E-state index contributed by atoms with van der Waals surface area (Å²) in [6.45, 7) is 1.59.